The molecule has 4 aliphatic carbocycles. The Labute approximate surface area is 260 Å². The fourth-order valence-electron chi connectivity index (χ4n) is 9.08. The number of likely N-dealkylation sites (tertiary alicyclic amines) is 1. The highest BCUT2D eigenvalue weighted by Gasteiger charge is 2.85. The standard InChI is InChI=1S/C33H51N5O6/c1-30(2,3)25(37-29(44)36-20-12-6-7-13-23(20)39)28(43)38-18-33(31(4,5)32(33)14-9-15-32)17-22(38)27(42)35-21(24(40)26(34)41)16-19-10-8-11-19/h19-22,25H,6-18H2,1-5H3,(H2,34,41)(H,35,42)(H2,36,37,44)/t20?,21?,22-,25+,33+/m0/s1. The van der Waals surface area contributed by atoms with E-state index in [4.69, 9.17) is 5.73 Å². The van der Waals surface area contributed by atoms with Gasteiger partial charge in [0, 0.05) is 18.4 Å². The molecule has 2 spiro atoms. The van der Waals surface area contributed by atoms with E-state index in [2.05, 4.69) is 29.8 Å². The Morgan fingerprint density at radius 3 is 2.14 bits per heavy atom. The molecule has 5 fully saturated rings. The van der Waals surface area contributed by atoms with E-state index in [9.17, 15) is 28.8 Å². The zero-order valence-electron chi connectivity index (χ0n) is 27.1. The number of hydrogen-bond acceptors (Lipinski definition) is 6. The van der Waals surface area contributed by atoms with Crippen molar-refractivity contribution in [3.63, 3.8) is 0 Å². The first-order valence-corrected chi connectivity index (χ1v) is 16.6. The predicted octanol–water partition coefficient (Wildman–Crippen LogP) is 2.74. The second-order valence-corrected chi connectivity index (χ2v) is 15.8. The number of nitrogens with two attached hydrogens (primary N) is 1. The van der Waals surface area contributed by atoms with Crippen molar-refractivity contribution < 1.29 is 28.8 Å². The number of carbonyl (C=O) groups excluding carboxylic acids is 6. The Bertz CT molecular complexity index is 1230. The highest BCUT2D eigenvalue weighted by molar-refractivity contribution is 6.37. The molecule has 0 radical (unpaired) electrons. The lowest BCUT2D eigenvalue weighted by atomic mass is 9.73. The molecule has 4 saturated carbocycles. The Morgan fingerprint density at radius 2 is 1.64 bits per heavy atom. The van der Waals surface area contributed by atoms with Crippen LogP contribution in [0.5, 0.6) is 0 Å². The van der Waals surface area contributed by atoms with E-state index >= 15 is 0 Å². The number of rotatable bonds is 9. The number of hydrogen-bond donors (Lipinski definition) is 4. The summed E-state index contributed by atoms with van der Waals surface area (Å²) in [4.78, 5) is 80.4. The zero-order valence-corrected chi connectivity index (χ0v) is 27.1. The Kier molecular flexibility index (Phi) is 8.42. The van der Waals surface area contributed by atoms with Gasteiger partial charge in [0.1, 0.15) is 12.1 Å². The summed E-state index contributed by atoms with van der Waals surface area (Å²) < 4.78 is 0. The summed E-state index contributed by atoms with van der Waals surface area (Å²) in [5.41, 5.74) is 4.37. The number of nitrogens with zero attached hydrogens (tertiary/aromatic N) is 1. The number of carbonyl (C=O) groups is 6. The highest BCUT2D eigenvalue weighted by Crippen LogP contribution is 2.88. The molecule has 44 heavy (non-hydrogen) atoms. The lowest BCUT2D eigenvalue weighted by Crippen LogP contribution is -2.61. The predicted molar refractivity (Wildman–Crippen MR) is 163 cm³/mol. The minimum Gasteiger partial charge on any atom is -0.363 e. The topological polar surface area (TPSA) is 168 Å². The molecule has 1 aliphatic heterocycles. The van der Waals surface area contributed by atoms with Crippen LogP contribution in [0.25, 0.3) is 0 Å². The molecule has 5 amide bonds. The van der Waals surface area contributed by atoms with Crippen LogP contribution in [-0.2, 0) is 24.0 Å². The van der Waals surface area contributed by atoms with Gasteiger partial charge in [-0.15, -0.1) is 0 Å². The van der Waals surface area contributed by atoms with Crippen molar-refractivity contribution in [2.45, 2.75) is 136 Å². The Morgan fingerprint density at radius 1 is 0.955 bits per heavy atom. The Hall–Kier alpha value is -2.98. The summed E-state index contributed by atoms with van der Waals surface area (Å²) in [7, 11) is 0. The van der Waals surface area contributed by atoms with Crippen molar-refractivity contribution in [2.24, 2.45) is 33.3 Å². The number of ketones is 2. The van der Waals surface area contributed by atoms with Crippen LogP contribution in [-0.4, -0.2) is 70.9 Å². The molecule has 5 N–H and O–H groups in total. The van der Waals surface area contributed by atoms with E-state index in [-0.39, 0.29) is 33.9 Å². The lowest BCUT2D eigenvalue weighted by molar-refractivity contribution is -0.143. The molecule has 11 nitrogen and oxygen atoms in total. The molecule has 5 atom stereocenters. The van der Waals surface area contributed by atoms with Crippen LogP contribution in [0.4, 0.5) is 4.79 Å². The minimum absolute atomic E-state index is 0.00743. The first kappa shape index (κ1) is 32.4. The van der Waals surface area contributed by atoms with Crippen molar-refractivity contribution in [2.75, 3.05) is 6.54 Å². The maximum atomic E-state index is 14.5. The molecule has 244 valence electrons. The number of Topliss-reactive ketones (excluding diaryl/α,β-unsaturated/α-hetero) is 2. The number of nitrogens with one attached hydrogen (secondary N) is 3. The van der Waals surface area contributed by atoms with Gasteiger partial charge < -0.3 is 26.6 Å². The SMILES string of the molecule is CC(C)(C)[C@H](NC(=O)NC1CCCCC1=O)C(=O)N1C[C@]2(C[C@H]1C(=O)NC(CC1CCC1)C(=O)C(N)=O)C(C)(C)C21CCC1. The van der Waals surface area contributed by atoms with Crippen LogP contribution in [0.15, 0.2) is 0 Å². The number of primary amides is 1. The fourth-order valence-corrected chi connectivity index (χ4v) is 9.08. The van der Waals surface area contributed by atoms with Gasteiger partial charge in [0.15, 0.2) is 5.78 Å². The molecular weight excluding hydrogens is 562 g/mol. The van der Waals surface area contributed by atoms with Crippen molar-refractivity contribution in [1.82, 2.24) is 20.9 Å². The molecule has 0 aromatic rings. The molecule has 1 saturated heterocycles. The number of urea groups is 1. The summed E-state index contributed by atoms with van der Waals surface area (Å²) in [5, 5.41) is 8.46. The first-order valence-electron chi connectivity index (χ1n) is 16.6. The average Bonchev–Trinajstić information content (AvgIpc) is 3.12. The molecule has 5 aliphatic rings. The third kappa shape index (κ3) is 5.31. The molecule has 11 heteroatoms. The van der Waals surface area contributed by atoms with E-state index in [1.807, 2.05) is 20.8 Å². The molecule has 0 bridgehead atoms. The van der Waals surface area contributed by atoms with Crippen LogP contribution in [0.3, 0.4) is 0 Å². The van der Waals surface area contributed by atoms with Gasteiger partial charge in [-0.05, 0) is 60.7 Å². The van der Waals surface area contributed by atoms with E-state index in [1.165, 1.54) is 0 Å². The second-order valence-electron chi connectivity index (χ2n) is 15.8. The van der Waals surface area contributed by atoms with Crippen LogP contribution < -0.4 is 21.7 Å². The maximum absolute atomic E-state index is 14.5. The smallest absolute Gasteiger partial charge is 0.316 e. The molecule has 0 aromatic carbocycles. The second kappa shape index (κ2) is 11.4. The lowest BCUT2D eigenvalue weighted by Gasteiger charge is -2.36. The summed E-state index contributed by atoms with van der Waals surface area (Å²) in [5.74, 6) is -2.50. The highest BCUT2D eigenvalue weighted by atomic mass is 16.2. The van der Waals surface area contributed by atoms with Crippen molar-refractivity contribution in [3.8, 4) is 0 Å². The zero-order chi connectivity index (χ0) is 32.2. The molecule has 5 rings (SSSR count). The quantitative estimate of drug-likeness (QED) is 0.292. The molecule has 0 aromatic heterocycles. The van der Waals surface area contributed by atoms with Gasteiger partial charge in [-0.25, -0.2) is 4.79 Å². The first-order chi connectivity index (χ1) is 20.5. The summed E-state index contributed by atoms with van der Waals surface area (Å²) in [6.45, 7) is 10.4. The monoisotopic (exact) mass is 613 g/mol. The molecular formula is C33H51N5O6. The van der Waals surface area contributed by atoms with E-state index in [0.29, 0.717) is 32.2 Å². The van der Waals surface area contributed by atoms with Gasteiger partial charge in [-0.3, -0.25) is 24.0 Å². The summed E-state index contributed by atoms with van der Waals surface area (Å²) in [6, 6.07) is -4.01. The van der Waals surface area contributed by atoms with Gasteiger partial charge in [0.2, 0.25) is 17.6 Å². The van der Waals surface area contributed by atoms with Crippen molar-refractivity contribution in [3.05, 3.63) is 0 Å². The van der Waals surface area contributed by atoms with Crippen LogP contribution in [0, 0.1) is 27.6 Å². The fraction of sp³-hybridized carbons (Fsp3) is 0.818. The van der Waals surface area contributed by atoms with E-state index in [0.717, 1.165) is 51.4 Å². The summed E-state index contributed by atoms with van der Waals surface area (Å²) >= 11 is 0. The van der Waals surface area contributed by atoms with E-state index < -0.39 is 53.2 Å². The van der Waals surface area contributed by atoms with Gasteiger partial charge in [-0.1, -0.05) is 66.7 Å². The third-order valence-corrected chi connectivity index (χ3v) is 12.3. The molecule has 2 unspecified atom stereocenters. The maximum Gasteiger partial charge on any atom is 0.316 e. The van der Waals surface area contributed by atoms with Gasteiger partial charge in [0.25, 0.3) is 5.91 Å². The van der Waals surface area contributed by atoms with Crippen molar-refractivity contribution >= 4 is 35.3 Å². The van der Waals surface area contributed by atoms with Gasteiger partial charge >= 0.3 is 6.03 Å². The molecule has 1 heterocycles. The van der Waals surface area contributed by atoms with Gasteiger partial charge in [-0.2, -0.15) is 0 Å². The number of fused-ring (bicyclic) bond motifs is 1. The van der Waals surface area contributed by atoms with Crippen LogP contribution >= 0.6 is 0 Å². The Balaban J connectivity index is 1.40. The number of amides is 5. The van der Waals surface area contributed by atoms with Crippen molar-refractivity contribution in [1.29, 1.82) is 0 Å². The summed E-state index contributed by atoms with van der Waals surface area (Å²) in [6.07, 6.45) is 9.56. The van der Waals surface area contributed by atoms with Gasteiger partial charge in [0.05, 0.1) is 12.1 Å². The average molecular weight is 614 g/mol. The van der Waals surface area contributed by atoms with Crippen LogP contribution in [0.2, 0.25) is 0 Å². The minimum atomic E-state index is -1.08. The largest absolute Gasteiger partial charge is 0.363 e. The van der Waals surface area contributed by atoms with Crippen LogP contribution in [0.1, 0.15) is 112 Å². The normalized spacial score (nSPS) is 30.1. The van der Waals surface area contributed by atoms with E-state index in [1.54, 1.807) is 4.90 Å². The third-order valence-electron chi connectivity index (χ3n) is 12.3.